The second-order valence-corrected chi connectivity index (χ2v) is 9.03. The minimum absolute atomic E-state index is 0.184. The van der Waals surface area contributed by atoms with Gasteiger partial charge >= 0.3 is 0 Å². The first kappa shape index (κ1) is 20.2. The Hall–Kier alpha value is -1.52. The predicted octanol–water partition coefficient (Wildman–Crippen LogP) is 0.459. The third-order valence-corrected chi connectivity index (χ3v) is 7.24. The Morgan fingerprint density at radius 3 is 2.52 bits per heavy atom. The Balaban J connectivity index is 1.72. The number of nitrogens with two attached hydrogens (primary N) is 1. The lowest BCUT2D eigenvalue weighted by Crippen LogP contribution is -2.54. The molecular weight excluding hydrogens is 368 g/mol. The number of nitrogens with one attached hydrogen (secondary N) is 1. The summed E-state index contributed by atoms with van der Waals surface area (Å²) >= 11 is 0. The summed E-state index contributed by atoms with van der Waals surface area (Å²) in [5, 5.41) is 2.77. The van der Waals surface area contributed by atoms with Crippen LogP contribution in [0.4, 0.5) is 5.69 Å². The van der Waals surface area contributed by atoms with Crippen LogP contribution in [0, 0.1) is 0 Å². The summed E-state index contributed by atoms with van der Waals surface area (Å²) in [6.07, 6.45) is 0.886. The number of rotatable bonds is 5. The molecular formula is C18H28N4O4S. The molecule has 1 amide bonds. The molecule has 150 valence electrons. The molecule has 0 aromatic heterocycles. The Kier molecular flexibility index (Phi) is 6.17. The molecule has 0 bridgehead atoms. The molecule has 0 radical (unpaired) electrons. The van der Waals surface area contributed by atoms with Crippen molar-refractivity contribution in [3.8, 4) is 0 Å². The van der Waals surface area contributed by atoms with E-state index in [9.17, 15) is 13.2 Å². The molecule has 2 aliphatic rings. The summed E-state index contributed by atoms with van der Waals surface area (Å²) in [6, 6.07) is 6.37. The third-order valence-electron chi connectivity index (χ3n) is 5.35. The SMILES string of the molecule is CCN1CCN(S(=O)(=O)c2cccc(NC(=O)C3(N)CCOCC3)c2)CC1. The number of amides is 1. The number of benzene rings is 1. The predicted molar refractivity (Wildman–Crippen MR) is 103 cm³/mol. The van der Waals surface area contributed by atoms with E-state index in [-0.39, 0.29) is 10.8 Å². The van der Waals surface area contributed by atoms with E-state index in [0.29, 0.717) is 44.8 Å². The van der Waals surface area contributed by atoms with Gasteiger partial charge in [-0.15, -0.1) is 0 Å². The smallest absolute Gasteiger partial charge is 0.244 e. The first-order valence-corrected chi connectivity index (χ1v) is 10.8. The zero-order valence-corrected chi connectivity index (χ0v) is 16.5. The van der Waals surface area contributed by atoms with Gasteiger partial charge in [0, 0.05) is 45.1 Å². The number of piperazine rings is 1. The van der Waals surface area contributed by atoms with Crippen LogP contribution in [0.1, 0.15) is 19.8 Å². The summed E-state index contributed by atoms with van der Waals surface area (Å²) in [4.78, 5) is 15.0. The first-order valence-electron chi connectivity index (χ1n) is 9.36. The van der Waals surface area contributed by atoms with Gasteiger partial charge in [-0.25, -0.2) is 8.42 Å². The molecule has 0 saturated carbocycles. The molecule has 3 rings (SSSR count). The van der Waals surface area contributed by atoms with Crippen molar-refractivity contribution in [1.82, 2.24) is 9.21 Å². The summed E-state index contributed by atoms with van der Waals surface area (Å²) in [5.74, 6) is -0.308. The number of ether oxygens (including phenoxy) is 1. The Morgan fingerprint density at radius 2 is 1.89 bits per heavy atom. The molecule has 9 heteroatoms. The van der Waals surface area contributed by atoms with Crippen molar-refractivity contribution in [2.45, 2.75) is 30.2 Å². The molecule has 2 saturated heterocycles. The maximum atomic E-state index is 12.9. The number of carbonyl (C=O) groups is 1. The highest BCUT2D eigenvalue weighted by molar-refractivity contribution is 7.89. The highest BCUT2D eigenvalue weighted by atomic mass is 32.2. The second kappa shape index (κ2) is 8.24. The molecule has 2 fully saturated rings. The zero-order valence-electron chi connectivity index (χ0n) is 15.7. The van der Waals surface area contributed by atoms with Crippen LogP contribution in [0.25, 0.3) is 0 Å². The average Bonchev–Trinajstić information content (AvgIpc) is 2.69. The maximum absolute atomic E-state index is 12.9. The van der Waals surface area contributed by atoms with E-state index in [1.165, 1.54) is 10.4 Å². The van der Waals surface area contributed by atoms with Crippen LogP contribution < -0.4 is 11.1 Å². The number of carbonyl (C=O) groups excluding carboxylic acids is 1. The van der Waals surface area contributed by atoms with E-state index >= 15 is 0 Å². The van der Waals surface area contributed by atoms with Crippen LogP contribution in [0.5, 0.6) is 0 Å². The van der Waals surface area contributed by atoms with Crippen molar-refractivity contribution in [2.75, 3.05) is 51.3 Å². The van der Waals surface area contributed by atoms with E-state index < -0.39 is 15.6 Å². The quantitative estimate of drug-likeness (QED) is 0.749. The molecule has 1 aromatic rings. The number of likely N-dealkylation sites (N-methyl/N-ethyl adjacent to an activating group) is 1. The Labute approximate surface area is 160 Å². The van der Waals surface area contributed by atoms with Crippen molar-refractivity contribution < 1.29 is 17.9 Å². The summed E-state index contributed by atoms with van der Waals surface area (Å²) in [7, 11) is -3.59. The van der Waals surface area contributed by atoms with Gasteiger partial charge in [-0.05, 0) is 37.6 Å². The fourth-order valence-corrected chi connectivity index (χ4v) is 4.86. The van der Waals surface area contributed by atoms with Crippen molar-refractivity contribution >= 4 is 21.6 Å². The van der Waals surface area contributed by atoms with Crippen molar-refractivity contribution in [2.24, 2.45) is 5.73 Å². The van der Waals surface area contributed by atoms with Crippen LogP contribution >= 0.6 is 0 Å². The number of anilines is 1. The molecule has 3 N–H and O–H groups in total. The molecule has 1 aromatic carbocycles. The average molecular weight is 397 g/mol. The first-order chi connectivity index (χ1) is 12.8. The van der Waals surface area contributed by atoms with Gasteiger partial charge in [0.05, 0.1) is 4.90 Å². The largest absolute Gasteiger partial charge is 0.381 e. The third kappa shape index (κ3) is 4.49. The molecule has 8 nitrogen and oxygen atoms in total. The number of sulfonamides is 1. The fraction of sp³-hybridized carbons (Fsp3) is 0.611. The molecule has 0 unspecified atom stereocenters. The van der Waals surface area contributed by atoms with E-state index in [0.717, 1.165) is 19.6 Å². The molecule has 0 spiro atoms. The van der Waals surface area contributed by atoms with Crippen molar-refractivity contribution in [3.63, 3.8) is 0 Å². The maximum Gasteiger partial charge on any atom is 0.244 e. The lowest BCUT2D eigenvalue weighted by Gasteiger charge is -2.33. The van der Waals surface area contributed by atoms with Crippen molar-refractivity contribution in [1.29, 1.82) is 0 Å². The van der Waals surface area contributed by atoms with Crippen LogP contribution in [0.3, 0.4) is 0 Å². The van der Waals surface area contributed by atoms with Gasteiger partial charge in [0.2, 0.25) is 15.9 Å². The summed E-state index contributed by atoms with van der Waals surface area (Å²) in [5.41, 5.74) is 5.65. The Morgan fingerprint density at radius 1 is 1.22 bits per heavy atom. The Bertz CT molecular complexity index is 769. The summed E-state index contributed by atoms with van der Waals surface area (Å²) < 4.78 is 32.6. The molecule has 27 heavy (non-hydrogen) atoms. The lowest BCUT2D eigenvalue weighted by atomic mass is 9.90. The van der Waals surface area contributed by atoms with Gasteiger partial charge in [0.1, 0.15) is 5.54 Å². The van der Waals surface area contributed by atoms with Crippen LogP contribution in [-0.2, 0) is 19.6 Å². The topological polar surface area (TPSA) is 105 Å². The highest BCUT2D eigenvalue weighted by Gasteiger charge is 2.36. The molecule has 2 heterocycles. The normalized spacial score (nSPS) is 21.7. The minimum atomic E-state index is -3.59. The van der Waals surface area contributed by atoms with Crippen LogP contribution in [0.2, 0.25) is 0 Å². The number of hydrogen-bond donors (Lipinski definition) is 2. The fourth-order valence-electron chi connectivity index (χ4n) is 3.39. The zero-order chi connectivity index (χ0) is 19.5. The van der Waals surface area contributed by atoms with Gasteiger partial charge in [-0.2, -0.15) is 4.31 Å². The van der Waals surface area contributed by atoms with Gasteiger partial charge < -0.3 is 20.7 Å². The summed E-state index contributed by atoms with van der Waals surface area (Å²) in [6.45, 7) is 6.27. The van der Waals surface area contributed by atoms with Crippen LogP contribution in [0.15, 0.2) is 29.2 Å². The van der Waals surface area contributed by atoms with Crippen molar-refractivity contribution in [3.05, 3.63) is 24.3 Å². The monoisotopic (exact) mass is 396 g/mol. The highest BCUT2D eigenvalue weighted by Crippen LogP contribution is 2.23. The van der Waals surface area contributed by atoms with Gasteiger partial charge in [-0.1, -0.05) is 13.0 Å². The second-order valence-electron chi connectivity index (χ2n) is 7.09. The molecule has 0 atom stereocenters. The minimum Gasteiger partial charge on any atom is -0.381 e. The van der Waals surface area contributed by atoms with Gasteiger partial charge in [0.15, 0.2) is 0 Å². The van der Waals surface area contributed by atoms with Crippen LogP contribution in [-0.4, -0.2) is 75.0 Å². The lowest BCUT2D eigenvalue weighted by molar-refractivity contribution is -0.124. The van der Waals surface area contributed by atoms with Gasteiger partial charge in [-0.3, -0.25) is 4.79 Å². The number of hydrogen-bond acceptors (Lipinski definition) is 6. The molecule has 0 aliphatic carbocycles. The van der Waals surface area contributed by atoms with E-state index in [1.807, 2.05) is 0 Å². The van der Waals surface area contributed by atoms with E-state index in [4.69, 9.17) is 10.5 Å². The standard InChI is InChI=1S/C18H28N4O4S/c1-2-21-8-10-22(11-9-21)27(24,25)16-5-3-4-15(14-16)20-17(23)18(19)6-12-26-13-7-18/h3-5,14H,2,6-13,19H2,1H3,(H,20,23). The number of nitrogens with zero attached hydrogens (tertiary/aromatic N) is 2. The van der Waals surface area contributed by atoms with E-state index in [2.05, 4.69) is 17.1 Å². The molecule has 2 aliphatic heterocycles. The van der Waals surface area contributed by atoms with E-state index in [1.54, 1.807) is 18.2 Å². The van der Waals surface area contributed by atoms with Gasteiger partial charge in [0.25, 0.3) is 0 Å².